The van der Waals surface area contributed by atoms with Crippen molar-refractivity contribution in [3.63, 3.8) is 0 Å². The maximum absolute atomic E-state index is 12.9. The fourth-order valence-electron chi connectivity index (χ4n) is 2.71. The number of hydrogen-bond acceptors (Lipinski definition) is 7. The zero-order chi connectivity index (χ0) is 24.2. The summed E-state index contributed by atoms with van der Waals surface area (Å²) in [7, 11) is 3.79. The number of aromatic nitrogens is 2. The molecule has 8 nitrogen and oxygen atoms in total. The van der Waals surface area contributed by atoms with E-state index in [1.54, 1.807) is 12.1 Å². The van der Waals surface area contributed by atoms with Crippen molar-refractivity contribution >= 4 is 29.1 Å². The second kappa shape index (κ2) is 18.7. The van der Waals surface area contributed by atoms with Gasteiger partial charge in [-0.05, 0) is 31.2 Å². The third kappa shape index (κ3) is 13.6. The van der Waals surface area contributed by atoms with Crippen molar-refractivity contribution < 1.29 is 87.6 Å². The molecule has 1 aromatic heterocycles. The van der Waals surface area contributed by atoms with Crippen LogP contribution in [-0.2, 0) is 27.8 Å². The molecule has 2 N–H and O–H groups in total. The number of aliphatic imine (C=N–C) groups is 1. The second-order valence-electron chi connectivity index (χ2n) is 7.65. The third-order valence-electron chi connectivity index (χ3n) is 4.73. The fraction of sp³-hybridized carbons (Fsp3) is 0.458. The van der Waals surface area contributed by atoms with Crippen LogP contribution in [0, 0.1) is 19.2 Å². The Balaban J connectivity index is 0.000000633. The summed E-state index contributed by atoms with van der Waals surface area (Å²) in [6.07, 6.45) is 5.63. The van der Waals surface area contributed by atoms with Gasteiger partial charge in [0.2, 0.25) is 5.91 Å². The molecule has 0 bridgehead atoms. The third-order valence-corrected chi connectivity index (χ3v) is 5.69. The van der Waals surface area contributed by atoms with Crippen LogP contribution in [0.5, 0.6) is 0 Å². The van der Waals surface area contributed by atoms with Crippen LogP contribution in [0.15, 0.2) is 41.8 Å². The van der Waals surface area contributed by atoms with E-state index in [9.17, 15) is 14.0 Å². The fourth-order valence-corrected chi connectivity index (χ4v) is 3.67. The standard InChI is InChI=1S/C14H18FN3OS.C6H10N2.C3H4O2.CH3.Cs/c1-9(7-16-2)13(19)18-14-17-12(8-20-14)10-3-5-11(15)6-4-10;1-3-6-4-8(2)5-7-6;4-1-3-2-5-3;;/h3-6,9,12,16H,7-8H2,1-2H3,(H,17,18,19);4-5H,3H2,1-2H3;1,3H,2H2;1H3;/q;;;-1;+1. The van der Waals surface area contributed by atoms with Gasteiger partial charge in [0, 0.05) is 31.5 Å². The normalized spacial score (nSPS) is 18.1. The van der Waals surface area contributed by atoms with E-state index in [1.165, 1.54) is 23.9 Å². The van der Waals surface area contributed by atoms with Crippen LogP contribution in [-0.4, -0.2) is 59.0 Å². The Morgan fingerprint density at radius 2 is 2.03 bits per heavy atom. The van der Waals surface area contributed by atoms with Gasteiger partial charge in [-0.3, -0.25) is 9.79 Å². The molecule has 188 valence electrons. The summed E-state index contributed by atoms with van der Waals surface area (Å²) >= 11 is 1.52. The molecule has 0 aliphatic carbocycles. The van der Waals surface area contributed by atoms with Crippen LogP contribution in [0.2, 0.25) is 0 Å². The number of imidazole rings is 1. The summed E-state index contributed by atoms with van der Waals surface area (Å²) < 4.78 is 19.3. The average molecular weight is 626 g/mol. The predicted molar refractivity (Wildman–Crippen MR) is 135 cm³/mol. The number of carbonyl (C=O) groups excluding carboxylic acids is 2. The smallest absolute Gasteiger partial charge is 0.365 e. The van der Waals surface area contributed by atoms with Gasteiger partial charge < -0.3 is 32.2 Å². The number of ether oxygens (including phenoxy) is 1. The van der Waals surface area contributed by atoms with Gasteiger partial charge in [0.05, 0.1) is 24.7 Å². The number of thioether (sulfide) groups is 1. The molecule has 11 heteroatoms. The quantitative estimate of drug-likeness (QED) is 0.266. The molecule has 1 saturated heterocycles. The molecule has 1 fully saturated rings. The molecule has 0 spiro atoms. The van der Waals surface area contributed by atoms with Crippen LogP contribution >= 0.6 is 11.8 Å². The molecule has 3 unspecified atom stereocenters. The van der Waals surface area contributed by atoms with Crippen molar-refractivity contribution in [2.45, 2.75) is 32.4 Å². The monoisotopic (exact) mass is 625 g/mol. The van der Waals surface area contributed by atoms with Gasteiger partial charge in [0.15, 0.2) is 11.5 Å². The number of amidine groups is 1. The van der Waals surface area contributed by atoms with Gasteiger partial charge in [0.1, 0.15) is 11.9 Å². The zero-order valence-corrected chi connectivity index (χ0v) is 28.6. The van der Waals surface area contributed by atoms with Crippen molar-refractivity contribution in [1.82, 2.24) is 20.2 Å². The van der Waals surface area contributed by atoms with E-state index in [2.05, 4.69) is 32.3 Å². The molecule has 1 amide bonds. The average Bonchev–Trinajstić information content (AvgIpc) is 3.40. The Morgan fingerprint density at radius 1 is 1.37 bits per heavy atom. The van der Waals surface area contributed by atoms with Gasteiger partial charge in [-0.2, -0.15) is 0 Å². The van der Waals surface area contributed by atoms with Crippen molar-refractivity contribution in [3.05, 3.63) is 61.3 Å². The number of nitrogens with one attached hydrogen (secondary N) is 2. The van der Waals surface area contributed by atoms with Crippen LogP contribution < -0.4 is 79.5 Å². The second-order valence-corrected chi connectivity index (χ2v) is 8.66. The van der Waals surface area contributed by atoms with Crippen LogP contribution in [0.3, 0.4) is 0 Å². The van der Waals surface area contributed by atoms with Gasteiger partial charge in [0.25, 0.3) is 0 Å². The summed E-state index contributed by atoms with van der Waals surface area (Å²) in [6.45, 7) is 5.24. The summed E-state index contributed by atoms with van der Waals surface area (Å²) in [6, 6.07) is 6.31. The number of carbonyl (C=O) groups is 2. The van der Waals surface area contributed by atoms with E-state index >= 15 is 0 Å². The molecule has 0 radical (unpaired) electrons. The molecule has 2 aliphatic heterocycles. The Labute approximate surface area is 271 Å². The first-order valence-electron chi connectivity index (χ1n) is 10.8. The molecular formula is C24H35CsFN5O3S. The molecule has 4 rings (SSSR count). The molecule has 35 heavy (non-hydrogen) atoms. The first kappa shape index (κ1) is 34.5. The first-order chi connectivity index (χ1) is 15.9. The number of aldehydes is 1. The summed E-state index contributed by atoms with van der Waals surface area (Å²) in [5.41, 5.74) is 2.12. The first-order valence-corrected chi connectivity index (χ1v) is 11.8. The predicted octanol–water partition coefficient (Wildman–Crippen LogP) is -0.0378. The molecule has 2 aliphatic rings. The molecule has 3 atom stereocenters. The minimum Gasteiger partial charge on any atom is -0.365 e. The van der Waals surface area contributed by atoms with E-state index in [0.717, 1.165) is 29.7 Å². The van der Waals surface area contributed by atoms with Crippen LogP contribution in [0.25, 0.3) is 0 Å². The van der Waals surface area contributed by atoms with Crippen molar-refractivity contribution in [2.24, 2.45) is 18.0 Å². The van der Waals surface area contributed by atoms with E-state index in [4.69, 9.17) is 0 Å². The summed E-state index contributed by atoms with van der Waals surface area (Å²) in [5, 5.41) is 6.45. The topological polar surface area (TPSA) is 101 Å². The summed E-state index contributed by atoms with van der Waals surface area (Å²) in [5.74, 6) is 0.373. The number of halogens is 1. The van der Waals surface area contributed by atoms with E-state index in [-0.39, 0.29) is 106 Å². The Morgan fingerprint density at radius 3 is 2.46 bits per heavy atom. The SMILES string of the molecule is CCc1cn(C)cn1.CNCC(C)C(=O)NC1=NC(c2ccc(F)cc2)CS1.O=CC1CO1.[CH3-].[Cs+]. The summed E-state index contributed by atoms with van der Waals surface area (Å²) in [4.78, 5) is 29.9. The number of rotatable bonds is 6. The minimum absolute atomic E-state index is 0. The van der Waals surface area contributed by atoms with E-state index in [1.807, 2.05) is 38.1 Å². The van der Waals surface area contributed by atoms with Crippen molar-refractivity contribution in [2.75, 3.05) is 26.0 Å². The number of nitrogens with zero attached hydrogens (tertiary/aromatic N) is 3. The molecule has 3 heterocycles. The van der Waals surface area contributed by atoms with E-state index < -0.39 is 0 Å². The number of aryl methyl sites for hydroxylation is 2. The van der Waals surface area contributed by atoms with Crippen LogP contribution in [0.4, 0.5) is 4.39 Å². The van der Waals surface area contributed by atoms with Crippen LogP contribution in [0.1, 0.15) is 31.1 Å². The maximum atomic E-state index is 12.9. The number of hydrogen-bond donors (Lipinski definition) is 2. The number of amides is 1. The minimum atomic E-state index is -0.252. The number of benzene rings is 1. The molecule has 2 aromatic rings. The Kier molecular flexibility index (Phi) is 18.4. The van der Waals surface area contributed by atoms with Crippen molar-refractivity contribution in [1.29, 1.82) is 0 Å². The largest absolute Gasteiger partial charge is 1.00 e. The van der Waals surface area contributed by atoms with Gasteiger partial charge in [-0.1, -0.05) is 37.7 Å². The molecule has 0 saturated carbocycles. The van der Waals surface area contributed by atoms with Crippen molar-refractivity contribution in [3.8, 4) is 0 Å². The molecular weight excluding hydrogens is 590 g/mol. The van der Waals surface area contributed by atoms with Gasteiger partial charge in [-0.15, -0.1) is 0 Å². The Hall–Kier alpha value is -0.508. The molecule has 1 aromatic carbocycles. The van der Waals surface area contributed by atoms with Gasteiger partial charge in [-0.25, -0.2) is 9.37 Å². The number of epoxide rings is 1. The van der Waals surface area contributed by atoms with E-state index in [0.29, 0.717) is 18.3 Å². The maximum Gasteiger partial charge on any atom is 1.00 e. The zero-order valence-electron chi connectivity index (χ0n) is 21.5. The van der Waals surface area contributed by atoms with Gasteiger partial charge >= 0.3 is 68.9 Å². The Bertz CT molecular complexity index is 922.